The van der Waals surface area contributed by atoms with E-state index in [2.05, 4.69) is 25.5 Å². The molecule has 3 aromatic heterocycles. The van der Waals surface area contributed by atoms with Gasteiger partial charge >= 0.3 is 12.1 Å². The number of halogens is 5. The number of pyridine rings is 1. The summed E-state index contributed by atoms with van der Waals surface area (Å²) >= 11 is 1.12. The lowest BCUT2D eigenvalue weighted by atomic mass is 10.00. The Morgan fingerprint density at radius 3 is 2.42 bits per heavy atom. The van der Waals surface area contributed by atoms with Crippen LogP contribution in [0.5, 0.6) is 0 Å². The standard InChI is InChI=1S/C19H15F2N5O3S2.C2HF3O2/c1-7-13(9-6-22-26-15(9)16(14(7)21)31(2,28)29)11-3-4-12-18(23-11)30-19(24-12)25-17(27)8-5-10(8)20;3-2(4,5)1(6)7/h3-4,6,8,10H,5H2,1-2H3,(H,22,26)(H,24,25,27);(H,6,7)/t8-,10+;/m1./s1. The van der Waals surface area contributed by atoms with Gasteiger partial charge in [-0.1, -0.05) is 11.3 Å². The Bertz CT molecular complexity index is 1700. The van der Waals surface area contributed by atoms with Crippen molar-refractivity contribution in [3.63, 3.8) is 0 Å². The number of carbonyl (C=O) groups excluding carboxylic acids is 1. The number of rotatable bonds is 4. The number of alkyl halides is 4. The van der Waals surface area contributed by atoms with E-state index in [9.17, 15) is 30.8 Å². The zero-order chi connectivity index (χ0) is 28.2. The third-order valence-corrected chi connectivity index (χ3v) is 7.45. The summed E-state index contributed by atoms with van der Waals surface area (Å²) in [5, 5.41) is 16.9. The summed E-state index contributed by atoms with van der Waals surface area (Å²) in [6, 6.07) is 3.31. The van der Waals surface area contributed by atoms with Crippen LogP contribution in [0.1, 0.15) is 12.0 Å². The number of aromatic nitrogens is 4. The molecule has 10 nitrogen and oxygen atoms in total. The van der Waals surface area contributed by atoms with Crippen molar-refractivity contribution in [1.82, 2.24) is 20.2 Å². The summed E-state index contributed by atoms with van der Waals surface area (Å²) in [5.41, 5.74) is 1.54. The van der Waals surface area contributed by atoms with Crippen LogP contribution in [0.4, 0.5) is 27.1 Å². The number of nitrogens with zero attached hydrogens (tertiary/aromatic N) is 3. The SMILES string of the molecule is Cc1c(F)c(S(C)(=O)=O)c2[nH]ncc2c1-c1ccc2nc(NC(=O)[C@@H]3C[C@@H]3F)sc2n1.O=C(O)C(F)(F)F. The zero-order valence-corrected chi connectivity index (χ0v) is 20.9. The first-order chi connectivity index (χ1) is 17.6. The van der Waals surface area contributed by atoms with Gasteiger partial charge in [-0.05, 0) is 31.0 Å². The van der Waals surface area contributed by atoms with Crippen LogP contribution in [-0.4, -0.2) is 64.2 Å². The highest BCUT2D eigenvalue weighted by molar-refractivity contribution is 7.91. The molecule has 0 spiro atoms. The van der Waals surface area contributed by atoms with E-state index in [0.717, 1.165) is 17.6 Å². The van der Waals surface area contributed by atoms with Crippen LogP contribution in [0.15, 0.2) is 23.2 Å². The first kappa shape index (κ1) is 27.3. The molecular formula is C21H16F5N5O5S2. The number of benzene rings is 1. The lowest BCUT2D eigenvalue weighted by molar-refractivity contribution is -0.192. The Kier molecular flexibility index (Phi) is 6.85. The molecule has 38 heavy (non-hydrogen) atoms. The number of hydrogen-bond donors (Lipinski definition) is 3. The van der Waals surface area contributed by atoms with E-state index in [4.69, 9.17) is 9.90 Å². The Morgan fingerprint density at radius 1 is 1.24 bits per heavy atom. The van der Waals surface area contributed by atoms with Gasteiger partial charge in [-0.3, -0.25) is 9.89 Å². The molecule has 1 fully saturated rings. The minimum absolute atomic E-state index is 0.0740. The summed E-state index contributed by atoms with van der Waals surface area (Å²) in [6.45, 7) is 1.49. The maximum absolute atomic E-state index is 15.1. The molecule has 1 aliphatic rings. The fourth-order valence-electron chi connectivity index (χ4n) is 3.56. The minimum atomic E-state index is -5.08. The van der Waals surface area contributed by atoms with Crippen LogP contribution in [0.3, 0.4) is 0 Å². The number of H-pyrrole nitrogens is 1. The maximum Gasteiger partial charge on any atom is 0.490 e. The molecular weight excluding hydrogens is 561 g/mol. The van der Waals surface area contributed by atoms with Crippen LogP contribution >= 0.6 is 11.3 Å². The van der Waals surface area contributed by atoms with Crippen molar-refractivity contribution < 1.29 is 45.1 Å². The number of nitrogens with one attached hydrogen (secondary N) is 2. The molecule has 1 aromatic carbocycles. The van der Waals surface area contributed by atoms with Gasteiger partial charge in [0, 0.05) is 17.2 Å². The van der Waals surface area contributed by atoms with Crippen molar-refractivity contribution in [3.05, 3.63) is 29.7 Å². The number of hydrogen-bond acceptors (Lipinski definition) is 8. The molecule has 3 heterocycles. The van der Waals surface area contributed by atoms with Gasteiger partial charge in [0.25, 0.3) is 0 Å². The molecule has 202 valence electrons. The molecule has 1 saturated carbocycles. The summed E-state index contributed by atoms with van der Waals surface area (Å²) in [7, 11) is -3.84. The summed E-state index contributed by atoms with van der Waals surface area (Å²) in [6.07, 6.45) is -3.61. The van der Waals surface area contributed by atoms with E-state index in [1.807, 2.05) is 0 Å². The number of sulfone groups is 1. The summed E-state index contributed by atoms with van der Waals surface area (Å²) in [5.74, 6) is -4.67. The molecule has 5 rings (SSSR count). The van der Waals surface area contributed by atoms with E-state index in [1.165, 1.54) is 13.1 Å². The van der Waals surface area contributed by atoms with Gasteiger partial charge in [0.1, 0.15) is 27.2 Å². The maximum atomic E-state index is 15.1. The van der Waals surface area contributed by atoms with Gasteiger partial charge in [0.2, 0.25) is 5.91 Å². The number of aliphatic carboxylic acids is 1. The smallest absolute Gasteiger partial charge is 0.475 e. The van der Waals surface area contributed by atoms with Crippen molar-refractivity contribution >= 4 is 59.4 Å². The van der Waals surface area contributed by atoms with Crippen molar-refractivity contribution in [2.24, 2.45) is 5.92 Å². The Labute approximate surface area is 213 Å². The first-order valence-electron chi connectivity index (χ1n) is 10.5. The highest BCUT2D eigenvalue weighted by Crippen LogP contribution is 2.39. The van der Waals surface area contributed by atoms with Crippen molar-refractivity contribution in [2.45, 2.75) is 30.6 Å². The van der Waals surface area contributed by atoms with Crippen LogP contribution in [0.2, 0.25) is 0 Å². The molecule has 2 atom stereocenters. The van der Waals surface area contributed by atoms with E-state index in [-0.39, 0.29) is 17.5 Å². The number of aromatic amines is 1. The average Bonchev–Trinajstić information content (AvgIpc) is 3.16. The number of thiazole rings is 1. The van der Waals surface area contributed by atoms with E-state index < -0.39 is 50.7 Å². The van der Waals surface area contributed by atoms with Gasteiger partial charge in [0.15, 0.2) is 15.0 Å². The van der Waals surface area contributed by atoms with Gasteiger partial charge in [-0.2, -0.15) is 18.3 Å². The highest BCUT2D eigenvalue weighted by Gasteiger charge is 2.44. The van der Waals surface area contributed by atoms with Gasteiger partial charge in [0.05, 0.1) is 23.3 Å². The van der Waals surface area contributed by atoms with Crippen molar-refractivity contribution in [1.29, 1.82) is 0 Å². The number of carboxylic acid groups (broad SMARTS) is 1. The monoisotopic (exact) mass is 577 g/mol. The fraction of sp³-hybridized carbons (Fsp3) is 0.286. The molecule has 0 radical (unpaired) electrons. The highest BCUT2D eigenvalue weighted by atomic mass is 32.2. The predicted octanol–water partition coefficient (Wildman–Crippen LogP) is 4.02. The lowest BCUT2D eigenvalue weighted by Gasteiger charge is -2.12. The number of carboxylic acids is 1. The molecule has 0 saturated heterocycles. The normalized spacial score (nSPS) is 17.2. The number of fused-ring (bicyclic) bond motifs is 2. The molecule has 1 amide bonds. The lowest BCUT2D eigenvalue weighted by Crippen LogP contribution is -2.21. The zero-order valence-electron chi connectivity index (χ0n) is 19.2. The van der Waals surface area contributed by atoms with Crippen LogP contribution in [0, 0.1) is 18.7 Å². The van der Waals surface area contributed by atoms with Crippen LogP contribution in [0.25, 0.3) is 32.5 Å². The largest absolute Gasteiger partial charge is 0.490 e. The van der Waals surface area contributed by atoms with Crippen LogP contribution in [-0.2, 0) is 19.4 Å². The first-order valence-corrected chi connectivity index (χ1v) is 13.2. The molecule has 0 bridgehead atoms. The molecule has 17 heteroatoms. The van der Waals surface area contributed by atoms with Crippen molar-refractivity contribution in [2.75, 3.05) is 11.6 Å². The molecule has 4 aromatic rings. The van der Waals surface area contributed by atoms with E-state index in [0.29, 0.717) is 32.1 Å². The topological polar surface area (TPSA) is 155 Å². The Morgan fingerprint density at radius 2 is 1.87 bits per heavy atom. The van der Waals surface area contributed by atoms with Gasteiger partial charge in [-0.15, -0.1) is 0 Å². The minimum Gasteiger partial charge on any atom is -0.475 e. The Balaban J connectivity index is 0.000000426. The third kappa shape index (κ3) is 5.28. The number of carbonyl (C=O) groups is 2. The molecule has 0 unspecified atom stereocenters. The Hall–Kier alpha value is -3.73. The average molecular weight is 578 g/mol. The van der Waals surface area contributed by atoms with Gasteiger partial charge in [-0.25, -0.2) is 32.0 Å². The van der Waals surface area contributed by atoms with E-state index in [1.54, 1.807) is 12.1 Å². The second-order valence-corrected chi connectivity index (χ2v) is 11.2. The molecule has 3 N–H and O–H groups in total. The van der Waals surface area contributed by atoms with Gasteiger partial charge < -0.3 is 10.4 Å². The quantitative estimate of drug-likeness (QED) is 0.307. The third-order valence-electron chi connectivity index (χ3n) is 5.44. The summed E-state index contributed by atoms with van der Waals surface area (Å²) < 4.78 is 84.2. The van der Waals surface area contributed by atoms with Crippen molar-refractivity contribution in [3.8, 4) is 11.3 Å². The molecule has 1 aliphatic carbocycles. The van der Waals surface area contributed by atoms with Crippen LogP contribution < -0.4 is 5.32 Å². The summed E-state index contributed by atoms with van der Waals surface area (Å²) in [4.78, 5) is 29.7. The van der Waals surface area contributed by atoms with E-state index >= 15 is 4.39 Å². The fourth-order valence-corrected chi connectivity index (χ4v) is 5.41. The second kappa shape index (κ2) is 9.54. The predicted molar refractivity (Wildman–Crippen MR) is 126 cm³/mol. The molecule has 0 aliphatic heterocycles. The second-order valence-electron chi connectivity index (χ2n) is 8.26. The number of amides is 1. The number of anilines is 1.